The van der Waals surface area contributed by atoms with Crippen molar-refractivity contribution in [3.63, 3.8) is 0 Å². The van der Waals surface area contributed by atoms with Crippen LogP contribution in [0.5, 0.6) is 0 Å². The van der Waals surface area contributed by atoms with E-state index < -0.39 is 33.7 Å². The number of aromatic carboxylic acids is 1. The summed E-state index contributed by atoms with van der Waals surface area (Å²) in [7, 11) is -4.04. The molecular formula is C12H18N2O6S. The third-order valence-electron chi connectivity index (χ3n) is 2.65. The van der Waals surface area contributed by atoms with E-state index in [1.54, 1.807) is 0 Å². The van der Waals surface area contributed by atoms with Gasteiger partial charge >= 0.3 is 5.97 Å². The van der Waals surface area contributed by atoms with Crippen molar-refractivity contribution in [1.82, 2.24) is 10.0 Å². The van der Waals surface area contributed by atoms with Crippen molar-refractivity contribution in [2.75, 3.05) is 6.54 Å². The molecule has 0 spiro atoms. The van der Waals surface area contributed by atoms with Gasteiger partial charge in [0.2, 0.25) is 21.7 Å². The number of amides is 1. The Balaban J connectivity index is 2.91. The molecule has 1 rings (SSSR count). The number of hydrogen-bond donors (Lipinski definition) is 3. The van der Waals surface area contributed by atoms with Gasteiger partial charge in [0.05, 0.1) is 6.04 Å². The van der Waals surface area contributed by atoms with Gasteiger partial charge < -0.3 is 14.8 Å². The lowest BCUT2D eigenvalue weighted by atomic mass is 10.3. The van der Waals surface area contributed by atoms with Crippen molar-refractivity contribution >= 4 is 21.9 Å². The zero-order valence-electron chi connectivity index (χ0n) is 12.0. The summed E-state index contributed by atoms with van der Waals surface area (Å²) in [5, 5.41) is 11.3. The number of carbonyl (C=O) groups excluding carboxylic acids is 1. The van der Waals surface area contributed by atoms with Crippen LogP contribution in [0.3, 0.4) is 0 Å². The Morgan fingerprint density at radius 2 is 2.05 bits per heavy atom. The Morgan fingerprint density at radius 3 is 2.52 bits per heavy atom. The number of carbonyl (C=O) groups is 2. The van der Waals surface area contributed by atoms with Crippen LogP contribution in [0.1, 0.15) is 36.6 Å². The SMILES string of the molecule is CCCNC(=O)C(C)NS(=O)(=O)c1cc(C(=O)O)oc1C. The predicted octanol–water partition coefficient (Wildman–Crippen LogP) is 0.479. The average molecular weight is 318 g/mol. The van der Waals surface area contributed by atoms with Crippen molar-refractivity contribution in [3.8, 4) is 0 Å². The molecule has 1 aromatic rings. The molecule has 1 atom stereocenters. The lowest BCUT2D eigenvalue weighted by Gasteiger charge is -2.13. The van der Waals surface area contributed by atoms with Crippen LogP contribution in [0.15, 0.2) is 15.4 Å². The van der Waals surface area contributed by atoms with Gasteiger partial charge in [0.1, 0.15) is 10.7 Å². The Bertz CT molecular complexity index is 634. The topological polar surface area (TPSA) is 126 Å². The molecule has 0 radical (unpaired) electrons. The number of furan rings is 1. The maximum Gasteiger partial charge on any atom is 0.371 e. The van der Waals surface area contributed by atoms with Crippen LogP contribution >= 0.6 is 0 Å². The summed E-state index contributed by atoms with van der Waals surface area (Å²) in [6, 6.07) is -0.0689. The van der Waals surface area contributed by atoms with E-state index in [9.17, 15) is 18.0 Å². The van der Waals surface area contributed by atoms with Crippen LogP contribution in [0.2, 0.25) is 0 Å². The molecule has 0 aliphatic heterocycles. The van der Waals surface area contributed by atoms with Crippen molar-refractivity contribution in [1.29, 1.82) is 0 Å². The van der Waals surface area contributed by atoms with E-state index in [1.807, 2.05) is 6.92 Å². The normalized spacial score (nSPS) is 12.9. The summed E-state index contributed by atoms with van der Waals surface area (Å²) in [4.78, 5) is 22.1. The van der Waals surface area contributed by atoms with Gasteiger partial charge in [-0.1, -0.05) is 6.92 Å². The van der Waals surface area contributed by atoms with Gasteiger partial charge in [-0.05, 0) is 20.3 Å². The third-order valence-corrected chi connectivity index (χ3v) is 4.30. The molecular weight excluding hydrogens is 300 g/mol. The van der Waals surface area contributed by atoms with E-state index in [0.717, 1.165) is 12.5 Å². The van der Waals surface area contributed by atoms with Gasteiger partial charge in [-0.15, -0.1) is 0 Å². The first-order valence-corrected chi connectivity index (χ1v) is 7.81. The maximum absolute atomic E-state index is 12.1. The monoisotopic (exact) mass is 318 g/mol. The van der Waals surface area contributed by atoms with E-state index in [-0.39, 0.29) is 10.7 Å². The first-order valence-electron chi connectivity index (χ1n) is 6.32. The van der Waals surface area contributed by atoms with Crippen molar-refractivity contribution in [3.05, 3.63) is 17.6 Å². The highest BCUT2D eigenvalue weighted by atomic mass is 32.2. The molecule has 0 aliphatic carbocycles. The fraction of sp³-hybridized carbons (Fsp3) is 0.500. The van der Waals surface area contributed by atoms with Gasteiger partial charge in [-0.3, -0.25) is 4.79 Å². The highest BCUT2D eigenvalue weighted by Gasteiger charge is 2.27. The number of aryl methyl sites for hydroxylation is 1. The van der Waals surface area contributed by atoms with E-state index in [2.05, 4.69) is 10.0 Å². The van der Waals surface area contributed by atoms with E-state index >= 15 is 0 Å². The standard InChI is InChI=1S/C12H18N2O6S/c1-4-5-13-11(15)7(2)14-21(18,19)10-6-9(12(16)17)20-8(10)3/h6-7,14H,4-5H2,1-3H3,(H,13,15)(H,16,17). The van der Waals surface area contributed by atoms with Crippen molar-refractivity contribution in [2.45, 2.75) is 38.1 Å². The average Bonchev–Trinajstić information content (AvgIpc) is 2.78. The van der Waals surface area contributed by atoms with E-state index in [4.69, 9.17) is 9.52 Å². The summed E-state index contributed by atoms with van der Waals surface area (Å²) in [6.07, 6.45) is 0.730. The Hall–Kier alpha value is -1.87. The summed E-state index contributed by atoms with van der Waals surface area (Å²) in [6.45, 7) is 5.05. The second kappa shape index (κ2) is 6.72. The molecule has 21 heavy (non-hydrogen) atoms. The van der Waals surface area contributed by atoms with Crippen LogP contribution < -0.4 is 10.0 Å². The van der Waals surface area contributed by atoms with Gasteiger partial charge in [-0.25, -0.2) is 13.2 Å². The molecule has 1 unspecified atom stereocenters. The summed E-state index contributed by atoms with van der Waals surface area (Å²) in [5.41, 5.74) is 0. The largest absolute Gasteiger partial charge is 0.475 e. The molecule has 9 heteroatoms. The highest BCUT2D eigenvalue weighted by molar-refractivity contribution is 7.89. The number of sulfonamides is 1. The molecule has 0 aliphatic rings. The molecule has 118 valence electrons. The summed E-state index contributed by atoms with van der Waals surface area (Å²) in [5.74, 6) is -2.36. The molecule has 1 heterocycles. The smallest absolute Gasteiger partial charge is 0.371 e. The van der Waals surface area contributed by atoms with Gasteiger partial charge in [-0.2, -0.15) is 4.72 Å². The van der Waals surface area contributed by atoms with Crippen LogP contribution in [0.4, 0.5) is 0 Å². The maximum atomic E-state index is 12.1. The van der Waals surface area contributed by atoms with Crippen molar-refractivity contribution in [2.24, 2.45) is 0 Å². The second-order valence-corrected chi connectivity index (χ2v) is 6.15. The Morgan fingerprint density at radius 1 is 1.43 bits per heavy atom. The fourth-order valence-electron chi connectivity index (χ4n) is 1.59. The Labute approximate surface area is 122 Å². The van der Waals surface area contributed by atoms with E-state index in [0.29, 0.717) is 6.54 Å². The number of carboxylic acids is 1. The molecule has 3 N–H and O–H groups in total. The lowest BCUT2D eigenvalue weighted by molar-refractivity contribution is -0.122. The number of carboxylic acid groups (broad SMARTS) is 1. The van der Waals surface area contributed by atoms with Gasteiger partial charge in [0.15, 0.2) is 0 Å². The molecule has 0 saturated carbocycles. The molecule has 0 saturated heterocycles. The van der Waals surface area contributed by atoms with Gasteiger partial charge in [0, 0.05) is 12.6 Å². The van der Waals surface area contributed by atoms with Crippen molar-refractivity contribution < 1.29 is 27.5 Å². The first-order chi connectivity index (χ1) is 9.69. The van der Waals surface area contributed by atoms with Crippen LogP contribution in [-0.4, -0.2) is 38.0 Å². The summed E-state index contributed by atoms with van der Waals surface area (Å²) < 4.78 is 31.3. The number of rotatable bonds is 7. The minimum Gasteiger partial charge on any atom is -0.475 e. The van der Waals surface area contributed by atoms with Gasteiger partial charge in [0.25, 0.3) is 0 Å². The Kier molecular flexibility index (Phi) is 5.50. The fourth-order valence-corrected chi connectivity index (χ4v) is 2.97. The molecule has 0 aromatic carbocycles. The second-order valence-electron chi connectivity index (χ2n) is 4.47. The van der Waals surface area contributed by atoms with Crippen LogP contribution in [0.25, 0.3) is 0 Å². The predicted molar refractivity (Wildman–Crippen MR) is 73.5 cm³/mol. The zero-order valence-corrected chi connectivity index (χ0v) is 12.8. The quantitative estimate of drug-likeness (QED) is 0.671. The highest BCUT2D eigenvalue weighted by Crippen LogP contribution is 2.20. The molecule has 0 fully saturated rings. The summed E-state index contributed by atoms with van der Waals surface area (Å²) >= 11 is 0. The third kappa shape index (κ3) is 4.30. The number of hydrogen-bond acceptors (Lipinski definition) is 5. The van der Waals surface area contributed by atoms with Crippen LogP contribution in [-0.2, 0) is 14.8 Å². The lowest BCUT2D eigenvalue weighted by Crippen LogP contribution is -2.44. The minimum absolute atomic E-state index is 0.0546. The number of nitrogens with one attached hydrogen (secondary N) is 2. The van der Waals surface area contributed by atoms with Crippen LogP contribution in [0, 0.1) is 6.92 Å². The molecule has 1 amide bonds. The molecule has 8 nitrogen and oxygen atoms in total. The first kappa shape index (κ1) is 17.2. The molecule has 1 aromatic heterocycles. The van der Waals surface area contributed by atoms with E-state index in [1.165, 1.54) is 13.8 Å². The minimum atomic E-state index is -4.04. The molecule has 0 bridgehead atoms. The zero-order chi connectivity index (χ0) is 16.2.